The molecule has 1 heterocycles. The van der Waals surface area contributed by atoms with Gasteiger partial charge >= 0.3 is 0 Å². The van der Waals surface area contributed by atoms with Gasteiger partial charge in [-0.1, -0.05) is 53.3 Å². The van der Waals surface area contributed by atoms with Gasteiger partial charge in [0.2, 0.25) is 0 Å². The average molecular weight is 303 g/mol. The summed E-state index contributed by atoms with van der Waals surface area (Å²) in [5, 5.41) is 0. The molecular weight excluding hydrogens is 290 g/mol. The zero-order valence-corrected chi connectivity index (χ0v) is 12.9. The minimum atomic E-state index is 1.01. The van der Waals surface area contributed by atoms with Crippen molar-refractivity contribution in [2.45, 2.75) is 17.0 Å². The van der Waals surface area contributed by atoms with Crippen molar-refractivity contribution in [1.29, 1.82) is 0 Å². The van der Waals surface area contributed by atoms with Crippen molar-refractivity contribution in [1.82, 2.24) is 4.98 Å². The smallest absolute Gasteiger partial charge is 0.161 e. The molecule has 96 valence electrons. The van der Waals surface area contributed by atoms with Gasteiger partial charge < -0.3 is 0 Å². The summed E-state index contributed by atoms with van der Waals surface area (Å²) < 4.78 is 2.42. The van der Waals surface area contributed by atoms with Crippen molar-refractivity contribution in [2.75, 3.05) is 0 Å². The molecule has 0 aliphatic heterocycles. The fourth-order valence-corrected chi connectivity index (χ4v) is 5.36. The molecule has 0 atom stereocenters. The summed E-state index contributed by atoms with van der Waals surface area (Å²) in [6, 6.07) is 16.9. The molecule has 0 spiro atoms. The van der Waals surface area contributed by atoms with E-state index in [1.165, 1.54) is 15.8 Å². The minimum absolute atomic E-state index is 1.01. The van der Waals surface area contributed by atoms with Crippen LogP contribution in [0.15, 0.2) is 52.9 Å². The molecule has 0 amide bonds. The summed E-state index contributed by atoms with van der Waals surface area (Å²) >= 11 is 1.78. The molecule has 0 fully saturated rings. The monoisotopic (exact) mass is 303 g/mol. The quantitative estimate of drug-likeness (QED) is 0.587. The second kappa shape index (κ2) is 5.99. The van der Waals surface area contributed by atoms with E-state index in [4.69, 9.17) is 4.98 Å². The van der Waals surface area contributed by atoms with Gasteiger partial charge in [0.1, 0.15) is 0 Å². The number of benzene rings is 2. The molecule has 1 aromatic heterocycles. The first kappa shape index (κ1) is 13.0. The zero-order valence-electron chi connectivity index (χ0n) is 10.5. The van der Waals surface area contributed by atoms with Gasteiger partial charge in [-0.15, -0.1) is 11.3 Å². The van der Waals surface area contributed by atoms with Crippen LogP contribution >= 0.6 is 32.9 Å². The molecule has 0 saturated heterocycles. The van der Waals surface area contributed by atoms with Gasteiger partial charge in [-0.3, -0.25) is 0 Å². The van der Waals surface area contributed by atoms with Crippen molar-refractivity contribution in [3.8, 4) is 0 Å². The van der Waals surface area contributed by atoms with E-state index in [0.717, 1.165) is 15.6 Å². The topological polar surface area (TPSA) is 12.9 Å². The highest BCUT2D eigenvalue weighted by Crippen LogP contribution is 2.38. The third-order valence-corrected chi connectivity index (χ3v) is 6.42. The standard InChI is InChI=1S/C15H13NS3/c1-11-6-5-9-13-14(11)16-15(18-13)19-17-10-12-7-3-2-4-8-12/h2-9H,10H2,1H3. The Balaban J connectivity index is 1.67. The molecule has 1 nitrogen and oxygen atoms in total. The molecule has 19 heavy (non-hydrogen) atoms. The van der Waals surface area contributed by atoms with E-state index in [2.05, 4.69) is 55.5 Å². The first-order chi connectivity index (χ1) is 9.33. The van der Waals surface area contributed by atoms with Crippen LogP contribution in [-0.2, 0) is 5.75 Å². The molecular formula is C15H13NS3. The number of fused-ring (bicyclic) bond motifs is 1. The molecule has 4 heteroatoms. The molecule has 0 bridgehead atoms. The second-order valence-corrected chi connectivity index (χ2v) is 7.81. The van der Waals surface area contributed by atoms with Crippen LogP contribution in [0.25, 0.3) is 10.2 Å². The summed E-state index contributed by atoms with van der Waals surface area (Å²) in [6.45, 7) is 2.12. The van der Waals surface area contributed by atoms with Gasteiger partial charge in [-0.25, -0.2) is 4.98 Å². The van der Waals surface area contributed by atoms with Gasteiger partial charge in [0.05, 0.1) is 10.2 Å². The predicted molar refractivity (Wildman–Crippen MR) is 88.0 cm³/mol. The number of thiazole rings is 1. The van der Waals surface area contributed by atoms with Crippen LogP contribution < -0.4 is 0 Å². The number of nitrogens with zero attached hydrogens (tertiary/aromatic N) is 1. The van der Waals surface area contributed by atoms with Crippen LogP contribution in [0.5, 0.6) is 0 Å². The van der Waals surface area contributed by atoms with E-state index in [9.17, 15) is 0 Å². The Bertz CT molecular complexity index is 676. The summed E-state index contributed by atoms with van der Waals surface area (Å²) in [7, 11) is 3.62. The fourth-order valence-electron chi connectivity index (χ4n) is 1.82. The molecule has 0 radical (unpaired) electrons. The lowest BCUT2D eigenvalue weighted by molar-refractivity contribution is 1.29. The number of hydrogen-bond donors (Lipinski definition) is 0. The average Bonchev–Trinajstić information content (AvgIpc) is 2.84. The Morgan fingerprint density at radius 1 is 1.05 bits per heavy atom. The Labute approximate surface area is 124 Å². The molecule has 0 saturated carbocycles. The first-order valence-electron chi connectivity index (χ1n) is 6.02. The highest BCUT2D eigenvalue weighted by Gasteiger charge is 2.06. The Morgan fingerprint density at radius 3 is 2.68 bits per heavy atom. The van der Waals surface area contributed by atoms with E-state index >= 15 is 0 Å². The molecule has 3 aromatic rings. The third kappa shape index (κ3) is 3.14. The normalized spacial score (nSPS) is 11.0. The maximum Gasteiger partial charge on any atom is 0.161 e. The maximum absolute atomic E-state index is 4.70. The van der Waals surface area contributed by atoms with Gasteiger partial charge in [0.25, 0.3) is 0 Å². The van der Waals surface area contributed by atoms with Crippen LogP contribution in [0.1, 0.15) is 11.1 Å². The number of rotatable bonds is 4. The summed E-state index contributed by atoms with van der Waals surface area (Å²) in [5.41, 5.74) is 3.77. The van der Waals surface area contributed by atoms with Gasteiger partial charge in [0.15, 0.2) is 4.34 Å². The van der Waals surface area contributed by atoms with E-state index in [0.29, 0.717) is 0 Å². The minimum Gasteiger partial charge on any atom is -0.228 e. The van der Waals surface area contributed by atoms with Gasteiger partial charge in [0, 0.05) is 5.75 Å². The molecule has 3 rings (SSSR count). The number of aromatic nitrogens is 1. The Kier molecular flexibility index (Phi) is 4.11. The van der Waals surface area contributed by atoms with Crippen LogP contribution in [0, 0.1) is 6.92 Å². The highest BCUT2D eigenvalue weighted by atomic mass is 33.1. The Morgan fingerprint density at radius 2 is 1.89 bits per heavy atom. The summed E-state index contributed by atoms with van der Waals surface area (Å²) in [5.74, 6) is 1.01. The lowest BCUT2D eigenvalue weighted by Crippen LogP contribution is -1.76. The molecule has 0 aliphatic carbocycles. The molecule has 0 N–H and O–H groups in total. The lowest BCUT2D eigenvalue weighted by atomic mass is 10.2. The van der Waals surface area contributed by atoms with Gasteiger partial charge in [-0.05, 0) is 34.9 Å². The largest absolute Gasteiger partial charge is 0.228 e. The van der Waals surface area contributed by atoms with E-state index < -0.39 is 0 Å². The van der Waals surface area contributed by atoms with Gasteiger partial charge in [-0.2, -0.15) is 0 Å². The second-order valence-electron chi connectivity index (χ2n) is 4.23. The van der Waals surface area contributed by atoms with E-state index in [-0.39, 0.29) is 0 Å². The third-order valence-electron chi connectivity index (χ3n) is 2.80. The molecule has 0 aliphatic rings. The summed E-state index contributed by atoms with van der Waals surface area (Å²) in [4.78, 5) is 4.70. The van der Waals surface area contributed by atoms with E-state index in [1.54, 1.807) is 22.1 Å². The lowest BCUT2D eigenvalue weighted by Gasteiger charge is -1.98. The number of aryl methyl sites for hydroxylation is 1. The van der Waals surface area contributed by atoms with Crippen molar-refractivity contribution in [3.63, 3.8) is 0 Å². The first-order valence-corrected chi connectivity index (χ1v) is 9.16. The predicted octanol–water partition coefficient (Wildman–Crippen LogP) is 5.55. The summed E-state index contributed by atoms with van der Waals surface area (Å²) in [6.07, 6.45) is 0. The SMILES string of the molecule is Cc1cccc2sc(SSCc3ccccc3)nc12. The van der Waals surface area contributed by atoms with Crippen molar-refractivity contribution < 1.29 is 0 Å². The number of hydrogen-bond acceptors (Lipinski definition) is 4. The fraction of sp³-hybridized carbons (Fsp3) is 0.133. The molecule has 2 aromatic carbocycles. The van der Waals surface area contributed by atoms with Crippen LogP contribution in [-0.4, -0.2) is 4.98 Å². The number of para-hydroxylation sites is 1. The van der Waals surface area contributed by atoms with Crippen LogP contribution in [0.2, 0.25) is 0 Å². The van der Waals surface area contributed by atoms with Crippen molar-refractivity contribution >= 4 is 43.1 Å². The van der Waals surface area contributed by atoms with Crippen molar-refractivity contribution in [3.05, 3.63) is 59.7 Å². The molecule has 0 unspecified atom stereocenters. The van der Waals surface area contributed by atoms with Crippen LogP contribution in [0.4, 0.5) is 0 Å². The van der Waals surface area contributed by atoms with E-state index in [1.807, 2.05) is 10.8 Å². The van der Waals surface area contributed by atoms with Crippen LogP contribution in [0.3, 0.4) is 0 Å². The Hall–Kier alpha value is -0.970. The van der Waals surface area contributed by atoms with Crippen molar-refractivity contribution in [2.24, 2.45) is 0 Å². The highest BCUT2D eigenvalue weighted by molar-refractivity contribution is 8.76. The zero-order chi connectivity index (χ0) is 13.1. The maximum atomic E-state index is 4.70.